The van der Waals surface area contributed by atoms with Crippen molar-refractivity contribution in [2.24, 2.45) is 0 Å². The summed E-state index contributed by atoms with van der Waals surface area (Å²) in [6.45, 7) is 0.576. The summed E-state index contributed by atoms with van der Waals surface area (Å²) < 4.78 is 31.8. The lowest BCUT2D eigenvalue weighted by molar-refractivity contribution is 0.0693. The van der Waals surface area contributed by atoms with Crippen LogP contribution in [-0.2, 0) is 0 Å². The second kappa shape index (κ2) is 6.71. The third kappa shape index (κ3) is 3.10. The van der Waals surface area contributed by atoms with Gasteiger partial charge in [0.05, 0.1) is 6.04 Å². The fraction of sp³-hybridized carbons (Fsp3) is 0.200. The standard InChI is InChI=1S/C20H16F2N2O2/c21-15-8-6-13(7-9-15)17-12-19(26-23-17)20(25)24-10-2-5-18(24)14-3-1-4-16(22)11-14/h1,3-4,6-9,11-12,18H,2,5,10H2/t18-/m0/s1. The molecule has 0 N–H and O–H groups in total. The molecule has 2 aromatic carbocycles. The second-order valence-electron chi connectivity index (χ2n) is 6.29. The van der Waals surface area contributed by atoms with E-state index >= 15 is 0 Å². The van der Waals surface area contributed by atoms with Gasteiger partial charge in [-0.15, -0.1) is 0 Å². The lowest BCUT2D eigenvalue weighted by Gasteiger charge is -2.23. The predicted octanol–water partition coefficient (Wildman–Crippen LogP) is 4.60. The van der Waals surface area contributed by atoms with Crippen molar-refractivity contribution in [3.05, 3.63) is 77.6 Å². The van der Waals surface area contributed by atoms with Gasteiger partial charge in [-0.05, 0) is 54.8 Å². The highest BCUT2D eigenvalue weighted by Gasteiger charge is 2.32. The van der Waals surface area contributed by atoms with E-state index in [9.17, 15) is 13.6 Å². The van der Waals surface area contributed by atoms with E-state index in [1.807, 2.05) is 6.07 Å². The minimum absolute atomic E-state index is 0.118. The SMILES string of the molecule is O=C(c1cc(-c2ccc(F)cc2)no1)N1CCC[C@H]1c1cccc(F)c1. The molecule has 1 atom stereocenters. The number of hydrogen-bond acceptors (Lipinski definition) is 3. The van der Waals surface area contributed by atoms with E-state index in [1.165, 1.54) is 24.3 Å². The Balaban J connectivity index is 1.58. The van der Waals surface area contributed by atoms with Gasteiger partial charge in [0.15, 0.2) is 0 Å². The lowest BCUT2D eigenvalue weighted by atomic mass is 10.0. The van der Waals surface area contributed by atoms with Crippen LogP contribution in [0.2, 0.25) is 0 Å². The Morgan fingerprint density at radius 1 is 1.08 bits per heavy atom. The van der Waals surface area contributed by atoms with Crippen molar-refractivity contribution in [2.45, 2.75) is 18.9 Å². The third-order valence-corrected chi connectivity index (χ3v) is 4.61. The highest BCUT2D eigenvalue weighted by Crippen LogP contribution is 2.33. The van der Waals surface area contributed by atoms with E-state index in [-0.39, 0.29) is 29.3 Å². The molecule has 1 aliphatic rings. The van der Waals surface area contributed by atoms with Crippen molar-refractivity contribution in [3.8, 4) is 11.3 Å². The maximum absolute atomic E-state index is 13.5. The first-order chi connectivity index (χ1) is 12.6. The zero-order valence-electron chi connectivity index (χ0n) is 13.9. The number of rotatable bonds is 3. The van der Waals surface area contributed by atoms with Crippen LogP contribution in [-0.4, -0.2) is 22.5 Å². The number of carbonyl (C=O) groups excluding carboxylic acids is 1. The normalized spacial score (nSPS) is 16.8. The van der Waals surface area contributed by atoms with Crippen LogP contribution in [0.4, 0.5) is 8.78 Å². The summed E-state index contributed by atoms with van der Waals surface area (Å²) >= 11 is 0. The summed E-state index contributed by atoms with van der Waals surface area (Å²) in [5, 5.41) is 3.92. The van der Waals surface area contributed by atoms with Gasteiger partial charge >= 0.3 is 0 Å². The van der Waals surface area contributed by atoms with E-state index in [4.69, 9.17) is 4.52 Å². The maximum Gasteiger partial charge on any atom is 0.292 e. The average Bonchev–Trinajstić information content (AvgIpc) is 3.32. The minimum Gasteiger partial charge on any atom is -0.350 e. The van der Waals surface area contributed by atoms with Gasteiger partial charge < -0.3 is 9.42 Å². The summed E-state index contributed by atoms with van der Waals surface area (Å²) in [4.78, 5) is 14.5. The molecule has 0 bridgehead atoms. The molecule has 1 amide bonds. The Labute approximate surface area is 149 Å². The lowest BCUT2D eigenvalue weighted by Crippen LogP contribution is -2.30. The summed E-state index contributed by atoms with van der Waals surface area (Å²) in [5.74, 6) is -0.825. The van der Waals surface area contributed by atoms with E-state index in [0.29, 0.717) is 17.8 Å². The fourth-order valence-electron chi connectivity index (χ4n) is 3.34. The van der Waals surface area contributed by atoms with Crippen LogP contribution in [0, 0.1) is 11.6 Å². The number of hydrogen-bond donors (Lipinski definition) is 0. The van der Waals surface area contributed by atoms with Gasteiger partial charge in [-0.1, -0.05) is 17.3 Å². The molecular formula is C20H16F2N2O2. The molecule has 1 saturated heterocycles. The van der Waals surface area contributed by atoms with Gasteiger partial charge in [0.1, 0.15) is 17.3 Å². The molecule has 132 valence electrons. The number of carbonyl (C=O) groups is 1. The maximum atomic E-state index is 13.5. The first-order valence-electron chi connectivity index (χ1n) is 8.41. The van der Waals surface area contributed by atoms with Crippen LogP contribution >= 0.6 is 0 Å². The van der Waals surface area contributed by atoms with Gasteiger partial charge in [-0.2, -0.15) is 0 Å². The number of nitrogens with zero attached hydrogens (tertiary/aromatic N) is 2. The van der Waals surface area contributed by atoms with Gasteiger partial charge in [-0.25, -0.2) is 8.78 Å². The topological polar surface area (TPSA) is 46.3 Å². The van der Waals surface area contributed by atoms with Gasteiger partial charge in [0, 0.05) is 18.2 Å². The molecule has 0 aliphatic carbocycles. The van der Waals surface area contributed by atoms with Gasteiger partial charge in [0.2, 0.25) is 5.76 Å². The number of amides is 1. The zero-order valence-corrected chi connectivity index (χ0v) is 13.9. The second-order valence-corrected chi connectivity index (χ2v) is 6.29. The average molecular weight is 354 g/mol. The predicted molar refractivity (Wildman–Crippen MR) is 91.3 cm³/mol. The molecule has 26 heavy (non-hydrogen) atoms. The minimum atomic E-state index is -0.344. The molecule has 0 unspecified atom stereocenters. The highest BCUT2D eigenvalue weighted by molar-refractivity contribution is 5.93. The molecule has 4 rings (SSSR count). The Hall–Kier alpha value is -3.02. The van der Waals surface area contributed by atoms with Crippen LogP contribution in [0.1, 0.15) is 35.0 Å². The van der Waals surface area contributed by atoms with Crippen molar-refractivity contribution in [1.82, 2.24) is 10.1 Å². The van der Waals surface area contributed by atoms with Gasteiger partial charge in [0.25, 0.3) is 5.91 Å². The molecule has 2 heterocycles. The summed E-state index contributed by atoms with van der Waals surface area (Å²) in [6.07, 6.45) is 1.61. The monoisotopic (exact) mass is 354 g/mol. The van der Waals surface area contributed by atoms with E-state index < -0.39 is 0 Å². The van der Waals surface area contributed by atoms with Crippen molar-refractivity contribution < 1.29 is 18.1 Å². The smallest absolute Gasteiger partial charge is 0.292 e. The van der Waals surface area contributed by atoms with Crippen LogP contribution < -0.4 is 0 Å². The van der Waals surface area contributed by atoms with Crippen LogP contribution in [0.3, 0.4) is 0 Å². The summed E-state index contributed by atoms with van der Waals surface area (Å²) in [6, 6.07) is 13.5. The quantitative estimate of drug-likeness (QED) is 0.691. The van der Waals surface area contributed by atoms with Crippen molar-refractivity contribution >= 4 is 5.91 Å². The fourth-order valence-corrected chi connectivity index (χ4v) is 3.34. The first-order valence-corrected chi connectivity index (χ1v) is 8.41. The van der Waals surface area contributed by atoms with Crippen LogP contribution in [0.5, 0.6) is 0 Å². The van der Waals surface area contributed by atoms with Crippen molar-refractivity contribution in [3.63, 3.8) is 0 Å². The van der Waals surface area contributed by atoms with E-state index in [1.54, 1.807) is 29.2 Å². The number of benzene rings is 2. The molecule has 1 aliphatic heterocycles. The number of aromatic nitrogens is 1. The van der Waals surface area contributed by atoms with Crippen molar-refractivity contribution in [1.29, 1.82) is 0 Å². The van der Waals surface area contributed by atoms with Crippen LogP contribution in [0.25, 0.3) is 11.3 Å². The molecule has 3 aromatic rings. The highest BCUT2D eigenvalue weighted by atomic mass is 19.1. The molecule has 0 saturated carbocycles. The molecular weight excluding hydrogens is 338 g/mol. The Morgan fingerprint density at radius 2 is 1.88 bits per heavy atom. The number of likely N-dealkylation sites (tertiary alicyclic amines) is 1. The molecule has 6 heteroatoms. The molecule has 4 nitrogen and oxygen atoms in total. The molecule has 1 aromatic heterocycles. The number of halogens is 2. The summed E-state index contributed by atoms with van der Waals surface area (Å²) in [7, 11) is 0. The van der Waals surface area contributed by atoms with E-state index in [0.717, 1.165) is 18.4 Å². The summed E-state index contributed by atoms with van der Waals surface area (Å²) in [5.41, 5.74) is 1.90. The largest absolute Gasteiger partial charge is 0.350 e. The Kier molecular flexibility index (Phi) is 4.24. The Morgan fingerprint density at radius 3 is 2.65 bits per heavy atom. The van der Waals surface area contributed by atoms with Gasteiger partial charge in [-0.3, -0.25) is 4.79 Å². The van der Waals surface area contributed by atoms with Crippen LogP contribution in [0.15, 0.2) is 59.1 Å². The third-order valence-electron chi connectivity index (χ3n) is 4.61. The van der Waals surface area contributed by atoms with Crippen molar-refractivity contribution in [2.75, 3.05) is 6.54 Å². The molecule has 1 fully saturated rings. The zero-order chi connectivity index (χ0) is 18.1. The molecule has 0 spiro atoms. The first kappa shape index (κ1) is 16.4. The Bertz CT molecular complexity index is 937. The molecule has 0 radical (unpaired) electrons. The van der Waals surface area contributed by atoms with E-state index in [2.05, 4.69) is 5.16 Å².